The Bertz CT molecular complexity index is 849. The summed E-state index contributed by atoms with van der Waals surface area (Å²) in [6.45, 7) is 0.646. The number of nitro benzene ring substituents is 1. The van der Waals surface area contributed by atoms with Gasteiger partial charge in [0.05, 0.1) is 17.7 Å². The zero-order valence-corrected chi connectivity index (χ0v) is 14.2. The Morgan fingerprint density at radius 3 is 2.65 bits per heavy atom. The molecule has 0 unspecified atom stereocenters. The van der Waals surface area contributed by atoms with Crippen molar-refractivity contribution in [1.82, 2.24) is 0 Å². The number of ether oxygens (including phenoxy) is 1. The molecule has 26 heavy (non-hydrogen) atoms. The number of hydrogen-bond acceptors (Lipinski definition) is 6. The van der Waals surface area contributed by atoms with E-state index in [2.05, 4.69) is 10.5 Å². The van der Waals surface area contributed by atoms with E-state index in [4.69, 9.17) is 4.74 Å². The molecule has 0 radical (unpaired) electrons. The lowest BCUT2D eigenvalue weighted by molar-refractivity contribution is -0.384. The highest BCUT2D eigenvalue weighted by Gasteiger charge is 2.26. The van der Waals surface area contributed by atoms with Gasteiger partial charge < -0.3 is 9.64 Å². The molecule has 0 bridgehead atoms. The molecule has 1 aliphatic heterocycles. The van der Waals surface area contributed by atoms with Crippen LogP contribution >= 0.6 is 0 Å². The summed E-state index contributed by atoms with van der Waals surface area (Å²) in [5, 5.41) is 14.9. The van der Waals surface area contributed by atoms with Gasteiger partial charge in [-0.15, -0.1) is 5.10 Å². The van der Waals surface area contributed by atoms with Gasteiger partial charge in [-0.05, 0) is 36.6 Å². The first kappa shape index (κ1) is 17.4. The number of nitrogens with zero attached hydrogens (tertiary/aromatic N) is 3. The molecule has 3 rings (SSSR count). The zero-order chi connectivity index (χ0) is 18.5. The standard InChI is InChI=1S/C18H18N4O4/c1-26-18(23)17(20-19-14-8-10-15(11-9-14)22(24)25)21-12-4-6-13-5-2-3-7-16(13)21/h2-3,5,7-11,19H,4,6,12H2,1H3/b20-17-. The average Bonchev–Trinajstić information content (AvgIpc) is 2.68. The van der Waals surface area contributed by atoms with E-state index >= 15 is 0 Å². The van der Waals surface area contributed by atoms with Gasteiger partial charge in [0.1, 0.15) is 0 Å². The molecule has 0 aromatic heterocycles. The predicted octanol–water partition coefficient (Wildman–Crippen LogP) is 2.95. The molecular weight excluding hydrogens is 336 g/mol. The maximum absolute atomic E-state index is 12.3. The van der Waals surface area contributed by atoms with Crippen molar-refractivity contribution in [2.45, 2.75) is 12.8 Å². The molecule has 2 aromatic carbocycles. The molecule has 0 spiro atoms. The monoisotopic (exact) mass is 354 g/mol. The van der Waals surface area contributed by atoms with Crippen molar-refractivity contribution < 1.29 is 14.5 Å². The van der Waals surface area contributed by atoms with Gasteiger partial charge in [-0.2, -0.15) is 0 Å². The van der Waals surface area contributed by atoms with Crippen LogP contribution in [0.2, 0.25) is 0 Å². The number of methoxy groups -OCH3 is 1. The lowest BCUT2D eigenvalue weighted by Crippen LogP contribution is -2.41. The van der Waals surface area contributed by atoms with Gasteiger partial charge in [-0.25, -0.2) is 4.79 Å². The van der Waals surface area contributed by atoms with E-state index in [9.17, 15) is 14.9 Å². The van der Waals surface area contributed by atoms with Gasteiger partial charge >= 0.3 is 5.97 Å². The second-order valence-corrected chi connectivity index (χ2v) is 5.73. The van der Waals surface area contributed by atoms with Crippen LogP contribution in [-0.2, 0) is 16.0 Å². The summed E-state index contributed by atoms with van der Waals surface area (Å²) in [7, 11) is 1.31. The van der Waals surface area contributed by atoms with Crippen molar-refractivity contribution in [2.75, 3.05) is 24.0 Å². The number of carbonyl (C=O) groups is 1. The van der Waals surface area contributed by atoms with Gasteiger partial charge in [0.25, 0.3) is 5.69 Å². The van der Waals surface area contributed by atoms with E-state index in [0.717, 1.165) is 24.1 Å². The van der Waals surface area contributed by atoms with Crippen molar-refractivity contribution >= 4 is 28.9 Å². The Morgan fingerprint density at radius 1 is 1.23 bits per heavy atom. The Labute approximate surface area is 150 Å². The molecule has 8 heteroatoms. The van der Waals surface area contributed by atoms with Crippen LogP contribution in [0.1, 0.15) is 12.0 Å². The second kappa shape index (κ2) is 7.64. The van der Waals surface area contributed by atoms with Gasteiger partial charge in [0.15, 0.2) is 0 Å². The Morgan fingerprint density at radius 2 is 1.96 bits per heavy atom. The summed E-state index contributed by atoms with van der Waals surface area (Å²) < 4.78 is 4.88. The molecule has 0 saturated carbocycles. The van der Waals surface area contributed by atoms with E-state index < -0.39 is 10.9 Å². The van der Waals surface area contributed by atoms with Crippen molar-refractivity contribution in [3.8, 4) is 0 Å². The average molecular weight is 354 g/mol. The fourth-order valence-electron chi connectivity index (χ4n) is 2.84. The smallest absolute Gasteiger partial charge is 0.376 e. The van der Waals surface area contributed by atoms with Crippen molar-refractivity contribution in [1.29, 1.82) is 0 Å². The van der Waals surface area contributed by atoms with Gasteiger partial charge in [0.2, 0.25) is 5.84 Å². The Balaban J connectivity index is 1.88. The molecule has 0 atom stereocenters. The Hall–Kier alpha value is -3.42. The first-order valence-corrected chi connectivity index (χ1v) is 8.12. The van der Waals surface area contributed by atoms with E-state index in [1.165, 1.54) is 31.4 Å². The van der Waals surface area contributed by atoms with Crippen molar-refractivity contribution in [2.24, 2.45) is 5.10 Å². The third-order valence-electron chi connectivity index (χ3n) is 4.10. The molecule has 2 aromatic rings. The predicted molar refractivity (Wildman–Crippen MR) is 98.3 cm³/mol. The number of carbonyl (C=O) groups excluding carboxylic acids is 1. The highest BCUT2D eigenvalue weighted by atomic mass is 16.6. The number of aryl methyl sites for hydroxylation is 1. The van der Waals surface area contributed by atoms with E-state index in [1.54, 1.807) is 0 Å². The van der Waals surface area contributed by atoms with Crippen LogP contribution in [0, 0.1) is 10.1 Å². The number of rotatable bonds is 3. The molecule has 0 amide bonds. The molecule has 0 aliphatic carbocycles. The fraction of sp³-hybridized carbons (Fsp3) is 0.222. The number of benzene rings is 2. The molecule has 1 aliphatic rings. The highest BCUT2D eigenvalue weighted by Crippen LogP contribution is 2.27. The fourth-order valence-corrected chi connectivity index (χ4v) is 2.84. The summed E-state index contributed by atoms with van der Waals surface area (Å²) in [4.78, 5) is 24.3. The largest absolute Gasteiger partial charge is 0.463 e. The second-order valence-electron chi connectivity index (χ2n) is 5.73. The summed E-state index contributed by atoms with van der Waals surface area (Å²) >= 11 is 0. The van der Waals surface area contributed by atoms with Crippen LogP contribution < -0.4 is 10.3 Å². The molecular formula is C18H18N4O4. The Kier molecular flexibility index (Phi) is 5.12. The number of hydrogen-bond donors (Lipinski definition) is 1. The van der Waals surface area contributed by atoms with Crippen LogP contribution in [-0.4, -0.2) is 30.4 Å². The quantitative estimate of drug-likeness (QED) is 0.299. The maximum atomic E-state index is 12.3. The van der Waals surface area contributed by atoms with Crippen molar-refractivity contribution in [3.63, 3.8) is 0 Å². The number of hydrazone groups is 1. The number of fused-ring (bicyclic) bond motifs is 1. The molecule has 134 valence electrons. The summed E-state index contributed by atoms with van der Waals surface area (Å²) in [6.07, 6.45) is 1.83. The summed E-state index contributed by atoms with van der Waals surface area (Å²) in [6, 6.07) is 13.6. The number of non-ortho nitro benzene ring substituents is 1. The minimum atomic E-state index is -0.559. The third kappa shape index (κ3) is 3.64. The zero-order valence-electron chi connectivity index (χ0n) is 14.2. The first-order valence-electron chi connectivity index (χ1n) is 8.12. The van der Waals surface area contributed by atoms with Crippen LogP contribution in [0.5, 0.6) is 0 Å². The van der Waals surface area contributed by atoms with E-state index in [1.807, 2.05) is 29.2 Å². The lowest BCUT2D eigenvalue weighted by Gasteiger charge is -2.30. The van der Waals surface area contributed by atoms with E-state index in [-0.39, 0.29) is 11.5 Å². The first-order chi connectivity index (χ1) is 12.6. The number of anilines is 2. The molecule has 0 saturated heterocycles. The normalized spacial score (nSPS) is 13.7. The topological polar surface area (TPSA) is 97.1 Å². The van der Waals surface area contributed by atoms with Gasteiger partial charge in [-0.1, -0.05) is 18.2 Å². The minimum Gasteiger partial charge on any atom is -0.463 e. The highest BCUT2D eigenvalue weighted by molar-refractivity contribution is 6.41. The number of amidine groups is 1. The third-order valence-corrected chi connectivity index (χ3v) is 4.10. The number of esters is 1. The van der Waals surface area contributed by atoms with Crippen LogP contribution in [0.3, 0.4) is 0 Å². The SMILES string of the molecule is COC(=O)/C(=N/Nc1ccc([N+](=O)[O-])cc1)N1CCCc2ccccc21. The minimum absolute atomic E-state index is 0.0160. The van der Waals surface area contributed by atoms with Crippen LogP contribution in [0.4, 0.5) is 17.1 Å². The molecule has 1 N–H and O–H groups in total. The van der Waals surface area contributed by atoms with Crippen LogP contribution in [0.15, 0.2) is 53.6 Å². The molecule has 0 fully saturated rings. The molecule has 1 heterocycles. The number of nitro groups is 1. The summed E-state index contributed by atoms with van der Waals surface area (Å²) in [5.41, 5.74) is 5.36. The number of nitrogens with one attached hydrogen (secondary N) is 1. The van der Waals surface area contributed by atoms with Gasteiger partial charge in [0, 0.05) is 24.4 Å². The molecule has 8 nitrogen and oxygen atoms in total. The van der Waals surface area contributed by atoms with Crippen LogP contribution in [0.25, 0.3) is 0 Å². The summed E-state index contributed by atoms with van der Waals surface area (Å²) in [5.74, 6) is -0.422. The van der Waals surface area contributed by atoms with E-state index in [0.29, 0.717) is 12.2 Å². The maximum Gasteiger partial charge on any atom is 0.376 e. The van der Waals surface area contributed by atoms with Crippen molar-refractivity contribution in [3.05, 3.63) is 64.2 Å². The van der Waals surface area contributed by atoms with Gasteiger partial charge in [-0.3, -0.25) is 15.5 Å². The number of para-hydroxylation sites is 1. The lowest BCUT2D eigenvalue weighted by atomic mass is 10.0.